The number of methoxy groups -OCH3 is 1. The summed E-state index contributed by atoms with van der Waals surface area (Å²) in [6.07, 6.45) is 4.87. The number of aromatic nitrogens is 2. The van der Waals surface area contributed by atoms with Gasteiger partial charge in [0.1, 0.15) is 5.56 Å². The van der Waals surface area contributed by atoms with Gasteiger partial charge in [0, 0.05) is 24.2 Å². The van der Waals surface area contributed by atoms with Gasteiger partial charge in [0.25, 0.3) is 0 Å². The Morgan fingerprint density at radius 2 is 2.19 bits per heavy atom. The van der Waals surface area contributed by atoms with Crippen molar-refractivity contribution in [2.45, 2.75) is 6.92 Å². The normalized spacial score (nSPS) is 10.4. The van der Waals surface area contributed by atoms with Crippen molar-refractivity contribution < 1.29 is 14.3 Å². The molecule has 0 atom stereocenters. The minimum absolute atomic E-state index is 0.110. The van der Waals surface area contributed by atoms with Crippen LogP contribution in [0.5, 0.6) is 0 Å². The summed E-state index contributed by atoms with van der Waals surface area (Å²) in [5.74, 6) is -0.611. The molecule has 16 heavy (non-hydrogen) atoms. The third kappa shape index (κ3) is 1.56. The van der Waals surface area contributed by atoms with Crippen molar-refractivity contribution in [1.29, 1.82) is 0 Å². The van der Waals surface area contributed by atoms with Gasteiger partial charge in [-0.15, -0.1) is 0 Å². The maximum Gasteiger partial charge on any atom is 0.341 e. The first-order valence-electron chi connectivity index (χ1n) is 4.69. The second-order valence-electron chi connectivity index (χ2n) is 3.35. The molecule has 0 aromatic carbocycles. The monoisotopic (exact) mass is 218 g/mol. The molecule has 0 saturated carbocycles. The van der Waals surface area contributed by atoms with Crippen molar-refractivity contribution in [3.05, 3.63) is 35.8 Å². The average Bonchev–Trinajstić information content (AvgIpc) is 2.74. The predicted molar refractivity (Wildman–Crippen MR) is 56.5 cm³/mol. The maximum atomic E-state index is 11.5. The predicted octanol–water partition coefficient (Wildman–Crippen LogP) is 1.32. The highest BCUT2D eigenvalue weighted by Gasteiger charge is 2.14. The highest BCUT2D eigenvalue weighted by Crippen LogP contribution is 2.13. The van der Waals surface area contributed by atoms with Gasteiger partial charge in [0.15, 0.2) is 11.4 Å². The van der Waals surface area contributed by atoms with Crippen molar-refractivity contribution in [3.63, 3.8) is 0 Å². The van der Waals surface area contributed by atoms with Crippen molar-refractivity contribution in [2.75, 3.05) is 7.11 Å². The number of pyridine rings is 1. The molecule has 5 heteroatoms. The van der Waals surface area contributed by atoms with E-state index < -0.39 is 5.97 Å². The minimum Gasteiger partial charge on any atom is -0.465 e. The van der Waals surface area contributed by atoms with E-state index in [-0.39, 0.29) is 5.78 Å². The van der Waals surface area contributed by atoms with Gasteiger partial charge in [-0.05, 0) is 13.0 Å². The number of ether oxygens (including phenoxy) is 1. The summed E-state index contributed by atoms with van der Waals surface area (Å²) in [6, 6.07) is 1.50. The van der Waals surface area contributed by atoms with E-state index in [1.54, 1.807) is 23.0 Å². The molecule has 0 unspecified atom stereocenters. The summed E-state index contributed by atoms with van der Waals surface area (Å²) in [5, 5.41) is 0. The molecule has 2 aromatic heterocycles. The fourth-order valence-corrected chi connectivity index (χ4v) is 1.49. The largest absolute Gasteiger partial charge is 0.465 e. The second-order valence-corrected chi connectivity index (χ2v) is 3.35. The minimum atomic E-state index is -0.501. The molecule has 2 heterocycles. The van der Waals surface area contributed by atoms with Crippen LogP contribution in [0.2, 0.25) is 0 Å². The molecule has 0 spiro atoms. The number of ketones is 1. The van der Waals surface area contributed by atoms with E-state index in [4.69, 9.17) is 0 Å². The zero-order valence-electron chi connectivity index (χ0n) is 8.93. The Hall–Kier alpha value is -2.17. The van der Waals surface area contributed by atoms with Crippen LogP contribution in [0.3, 0.4) is 0 Å². The Balaban J connectivity index is 2.73. The standard InChI is InChI=1S/C11H10N2O3/c1-7(14)8-5-9(11(15)16-2)10-12-3-4-13(10)6-8/h3-6H,1-2H3. The molecule has 2 rings (SSSR count). The van der Waals surface area contributed by atoms with E-state index in [9.17, 15) is 9.59 Å². The van der Waals surface area contributed by atoms with E-state index in [0.29, 0.717) is 16.8 Å². The lowest BCUT2D eigenvalue weighted by atomic mass is 10.1. The van der Waals surface area contributed by atoms with Crippen LogP contribution in [0.15, 0.2) is 24.7 Å². The van der Waals surface area contributed by atoms with Crippen LogP contribution < -0.4 is 0 Å². The number of carbonyl (C=O) groups excluding carboxylic acids is 2. The number of rotatable bonds is 2. The topological polar surface area (TPSA) is 60.7 Å². The van der Waals surface area contributed by atoms with Crippen molar-refractivity contribution in [3.8, 4) is 0 Å². The number of hydrogen-bond donors (Lipinski definition) is 0. The number of hydrogen-bond acceptors (Lipinski definition) is 4. The smallest absolute Gasteiger partial charge is 0.341 e. The van der Waals surface area contributed by atoms with E-state index in [2.05, 4.69) is 9.72 Å². The summed E-state index contributed by atoms with van der Waals surface area (Å²) < 4.78 is 6.27. The van der Waals surface area contributed by atoms with Gasteiger partial charge in [-0.25, -0.2) is 9.78 Å². The highest BCUT2D eigenvalue weighted by molar-refractivity contribution is 6.00. The van der Waals surface area contributed by atoms with Crippen LogP contribution in [0, 0.1) is 0 Å². The Morgan fingerprint density at radius 3 is 2.81 bits per heavy atom. The lowest BCUT2D eigenvalue weighted by Crippen LogP contribution is -2.07. The van der Waals surface area contributed by atoms with Gasteiger partial charge in [0.2, 0.25) is 0 Å². The molecule has 0 aliphatic rings. The fraction of sp³-hybridized carbons (Fsp3) is 0.182. The average molecular weight is 218 g/mol. The molecule has 0 aliphatic heterocycles. The van der Waals surface area contributed by atoms with E-state index in [0.717, 1.165) is 0 Å². The number of fused-ring (bicyclic) bond motifs is 1. The Labute approximate surface area is 91.7 Å². The Morgan fingerprint density at radius 1 is 1.44 bits per heavy atom. The van der Waals surface area contributed by atoms with E-state index in [1.165, 1.54) is 20.1 Å². The van der Waals surface area contributed by atoms with Gasteiger partial charge in [0.05, 0.1) is 7.11 Å². The Bertz CT molecular complexity index is 572. The number of esters is 1. The van der Waals surface area contributed by atoms with Crippen molar-refractivity contribution in [2.24, 2.45) is 0 Å². The SMILES string of the molecule is COC(=O)c1cc(C(C)=O)cn2ccnc12. The molecule has 0 radical (unpaired) electrons. The van der Waals surface area contributed by atoms with E-state index >= 15 is 0 Å². The van der Waals surface area contributed by atoms with Gasteiger partial charge >= 0.3 is 5.97 Å². The summed E-state index contributed by atoms with van der Waals surface area (Å²) in [7, 11) is 1.29. The number of carbonyl (C=O) groups is 2. The fourth-order valence-electron chi connectivity index (χ4n) is 1.49. The molecular formula is C11H10N2O3. The van der Waals surface area contributed by atoms with Gasteiger partial charge in [-0.1, -0.05) is 0 Å². The molecule has 2 aromatic rings. The second kappa shape index (κ2) is 3.77. The molecule has 0 aliphatic carbocycles. The molecular weight excluding hydrogens is 208 g/mol. The quantitative estimate of drug-likeness (QED) is 0.563. The summed E-state index contributed by atoms with van der Waals surface area (Å²) in [6.45, 7) is 1.44. The number of Topliss-reactive ketones (excluding diaryl/α,β-unsaturated/α-hetero) is 1. The first-order chi connectivity index (χ1) is 7.63. The first kappa shape index (κ1) is 10.4. The zero-order chi connectivity index (χ0) is 11.7. The Kier molecular flexibility index (Phi) is 2.44. The van der Waals surface area contributed by atoms with Crippen LogP contribution in [0.25, 0.3) is 5.65 Å². The van der Waals surface area contributed by atoms with Crippen molar-refractivity contribution in [1.82, 2.24) is 9.38 Å². The van der Waals surface area contributed by atoms with Crippen LogP contribution in [0.1, 0.15) is 27.6 Å². The lowest BCUT2D eigenvalue weighted by molar-refractivity contribution is 0.0602. The van der Waals surface area contributed by atoms with Gasteiger partial charge < -0.3 is 9.14 Å². The molecule has 82 valence electrons. The number of nitrogens with zero attached hydrogens (tertiary/aromatic N) is 2. The third-order valence-electron chi connectivity index (χ3n) is 2.30. The number of imidazole rings is 1. The maximum absolute atomic E-state index is 11.5. The highest BCUT2D eigenvalue weighted by atomic mass is 16.5. The molecule has 5 nitrogen and oxygen atoms in total. The summed E-state index contributed by atoms with van der Waals surface area (Å²) >= 11 is 0. The molecule has 0 amide bonds. The lowest BCUT2D eigenvalue weighted by Gasteiger charge is -2.04. The van der Waals surface area contributed by atoms with Crippen LogP contribution in [-0.4, -0.2) is 28.2 Å². The zero-order valence-corrected chi connectivity index (χ0v) is 8.93. The van der Waals surface area contributed by atoms with E-state index in [1.807, 2.05) is 0 Å². The first-order valence-corrected chi connectivity index (χ1v) is 4.69. The molecule has 0 fully saturated rings. The van der Waals surface area contributed by atoms with Gasteiger partial charge in [-0.3, -0.25) is 4.79 Å². The molecule has 0 N–H and O–H groups in total. The molecule has 0 saturated heterocycles. The third-order valence-corrected chi connectivity index (χ3v) is 2.30. The van der Waals surface area contributed by atoms with Crippen LogP contribution in [0.4, 0.5) is 0 Å². The van der Waals surface area contributed by atoms with Gasteiger partial charge in [-0.2, -0.15) is 0 Å². The summed E-state index contributed by atoms with van der Waals surface area (Å²) in [5.41, 5.74) is 1.22. The van der Waals surface area contributed by atoms with Crippen LogP contribution >= 0.6 is 0 Å². The molecule has 0 bridgehead atoms. The summed E-state index contributed by atoms with van der Waals surface area (Å²) in [4.78, 5) is 26.8. The van der Waals surface area contributed by atoms with Crippen LogP contribution in [-0.2, 0) is 4.74 Å². The van der Waals surface area contributed by atoms with Crippen molar-refractivity contribution >= 4 is 17.4 Å².